The number of hydrogen-bond acceptors (Lipinski definition) is 1. The Morgan fingerprint density at radius 3 is 2.36 bits per heavy atom. The van der Waals surface area contributed by atoms with Gasteiger partial charge in [-0.15, -0.1) is 0 Å². The second-order valence-electron chi connectivity index (χ2n) is 3.90. The van der Waals surface area contributed by atoms with Crippen LogP contribution in [0.4, 0.5) is 4.79 Å². The van der Waals surface area contributed by atoms with Crippen molar-refractivity contribution in [2.45, 2.75) is 38.8 Å². The van der Waals surface area contributed by atoms with Gasteiger partial charge in [0.1, 0.15) is 0 Å². The maximum absolute atomic E-state index is 10.2. The molecule has 0 bridgehead atoms. The normalized spacial score (nSPS) is 12.6. The molecular weight excluding hydrogens is 203 g/mol. The summed E-state index contributed by atoms with van der Waals surface area (Å²) in [6.07, 6.45) is 2.22. The summed E-state index contributed by atoms with van der Waals surface area (Å²) in [5, 5.41) is 9.34. The second-order valence-corrected chi connectivity index (χ2v) is 6.58. The van der Waals surface area contributed by atoms with Crippen molar-refractivity contribution in [2.75, 3.05) is 0 Å². The standard InChI is InChI=1S/C8H17AsO2/c1-8(2,3)5-4-6-9-7(10)11/h9H,4-6H2,1-3H3,(H,10,11). The molecule has 0 radical (unpaired) electrons. The molecule has 0 aliphatic heterocycles. The molecule has 1 N–H and O–H groups in total. The zero-order valence-electron chi connectivity index (χ0n) is 7.48. The molecule has 1 atom stereocenters. The summed E-state index contributed by atoms with van der Waals surface area (Å²) in [6.45, 7) is 6.56. The zero-order valence-corrected chi connectivity index (χ0v) is 9.57. The molecular formula is C8H17AsO2. The van der Waals surface area contributed by atoms with Crippen molar-refractivity contribution in [3.63, 3.8) is 0 Å². The maximum atomic E-state index is 10.2. The number of hydrogen-bond donors (Lipinski definition) is 1. The third-order valence-electron chi connectivity index (χ3n) is 1.38. The molecule has 0 fully saturated rings. The van der Waals surface area contributed by atoms with E-state index in [-0.39, 0.29) is 0 Å². The van der Waals surface area contributed by atoms with Crippen LogP contribution < -0.4 is 0 Å². The first-order valence-corrected chi connectivity index (χ1v) is 6.42. The van der Waals surface area contributed by atoms with Crippen molar-refractivity contribution in [1.82, 2.24) is 0 Å². The van der Waals surface area contributed by atoms with Gasteiger partial charge in [-0.25, -0.2) is 0 Å². The van der Waals surface area contributed by atoms with E-state index in [0.717, 1.165) is 18.1 Å². The van der Waals surface area contributed by atoms with Crippen LogP contribution in [0.1, 0.15) is 33.6 Å². The van der Waals surface area contributed by atoms with Crippen LogP contribution in [0.15, 0.2) is 0 Å². The van der Waals surface area contributed by atoms with Crippen LogP contribution in [0.2, 0.25) is 5.21 Å². The molecule has 11 heavy (non-hydrogen) atoms. The molecule has 1 unspecified atom stereocenters. The van der Waals surface area contributed by atoms with Crippen molar-refractivity contribution >= 4 is 20.5 Å². The Morgan fingerprint density at radius 1 is 1.45 bits per heavy atom. The molecule has 0 aliphatic rings. The monoisotopic (exact) mass is 220 g/mol. The van der Waals surface area contributed by atoms with E-state index in [1.807, 2.05) is 0 Å². The van der Waals surface area contributed by atoms with Crippen LogP contribution in [0.5, 0.6) is 0 Å². The minimum atomic E-state index is -0.694. The van der Waals surface area contributed by atoms with Gasteiger partial charge in [0.2, 0.25) is 0 Å². The molecule has 0 saturated heterocycles. The first-order valence-electron chi connectivity index (χ1n) is 3.88. The van der Waals surface area contributed by atoms with Crippen molar-refractivity contribution in [1.29, 1.82) is 0 Å². The van der Waals surface area contributed by atoms with Crippen LogP contribution in [0, 0.1) is 5.41 Å². The van der Waals surface area contributed by atoms with Crippen molar-refractivity contribution in [3.8, 4) is 0 Å². The fraction of sp³-hybridized carbons (Fsp3) is 0.875. The Hall–Kier alpha value is 0.0284. The Balaban J connectivity index is 3.22. The molecule has 0 saturated carbocycles. The van der Waals surface area contributed by atoms with Gasteiger partial charge in [0, 0.05) is 0 Å². The Morgan fingerprint density at radius 2 is 2.00 bits per heavy atom. The molecule has 0 aromatic rings. The van der Waals surface area contributed by atoms with Crippen LogP contribution in [-0.2, 0) is 0 Å². The zero-order chi connectivity index (χ0) is 8.91. The third kappa shape index (κ3) is 10.0. The molecule has 0 amide bonds. The molecule has 0 rings (SSSR count). The van der Waals surface area contributed by atoms with Gasteiger partial charge < -0.3 is 0 Å². The Bertz CT molecular complexity index is 127. The second kappa shape index (κ2) is 4.82. The number of carboxylic acid groups (broad SMARTS) is 1. The average Bonchev–Trinajstić information content (AvgIpc) is 1.78. The summed E-state index contributed by atoms with van der Waals surface area (Å²) < 4.78 is -0.557. The summed E-state index contributed by atoms with van der Waals surface area (Å²) in [7, 11) is 0. The summed E-state index contributed by atoms with van der Waals surface area (Å²) in [6, 6.07) is 0. The molecule has 0 aromatic carbocycles. The van der Waals surface area contributed by atoms with Crippen LogP contribution in [0.3, 0.4) is 0 Å². The van der Waals surface area contributed by atoms with Crippen molar-refractivity contribution < 1.29 is 9.90 Å². The van der Waals surface area contributed by atoms with Crippen molar-refractivity contribution in [2.24, 2.45) is 5.41 Å². The predicted octanol–water partition coefficient (Wildman–Crippen LogP) is 2.35. The van der Waals surface area contributed by atoms with Crippen molar-refractivity contribution in [3.05, 3.63) is 0 Å². The first kappa shape index (κ1) is 11.0. The van der Waals surface area contributed by atoms with Gasteiger partial charge in [0.25, 0.3) is 0 Å². The summed E-state index contributed by atoms with van der Waals surface area (Å²) in [4.78, 5) is 10.2. The first-order chi connectivity index (χ1) is 4.92. The minimum absolute atomic E-state index is 0.366. The fourth-order valence-electron chi connectivity index (χ4n) is 0.814. The van der Waals surface area contributed by atoms with E-state index in [1.165, 1.54) is 0 Å². The Labute approximate surface area is 75.1 Å². The van der Waals surface area contributed by atoms with Gasteiger partial charge in [0.15, 0.2) is 0 Å². The number of carbonyl (C=O) groups is 1. The molecule has 0 spiro atoms. The molecule has 3 heteroatoms. The van der Waals surface area contributed by atoms with Gasteiger partial charge in [-0.2, -0.15) is 0 Å². The van der Waals surface area contributed by atoms with Gasteiger partial charge >= 0.3 is 74.6 Å². The quantitative estimate of drug-likeness (QED) is 0.583. The van der Waals surface area contributed by atoms with E-state index in [1.54, 1.807) is 0 Å². The van der Waals surface area contributed by atoms with Gasteiger partial charge in [-0.1, -0.05) is 0 Å². The summed E-state index contributed by atoms with van der Waals surface area (Å²) >= 11 is -0.694. The fourth-order valence-corrected chi connectivity index (χ4v) is 2.00. The number of rotatable bonds is 4. The molecule has 66 valence electrons. The van der Waals surface area contributed by atoms with E-state index >= 15 is 0 Å². The van der Waals surface area contributed by atoms with E-state index < -0.39 is 20.5 Å². The SMILES string of the molecule is CC(C)(C)CCC[AsH]C(=O)O. The third-order valence-corrected chi connectivity index (χ3v) is 3.28. The topological polar surface area (TPSA) is 37.3 Å². The predicted molar refractivity (Wildman–Crippen MR) is 48.7 cm³/mol. The van der Waals surface area contributed by atoms with Crippen LogP contribution in [-0.4, -0.2) is 25.6 Å². The summed E-state index contributed by atoms with van der Waals surface area (Å²) in [5.41, 5.74) is 0.366. The molecule has 0 heterocycles. The van der Waals surface area contributed by atoms with Crippen LogP contribution >= 0.6 is 0 Å². The van der Waals surface area contributed by atoms with Gasteiger partial charge in [-0.3, -0.25) is 0 Å². The van der Waals surface area contributed by atoms with Crippen LogP contribution in [0.25, 0.3) is 0 Å². The summed E-state index contributed by atoms with van der Waals surface area (Å²) in [5.74, 6) is 0. The van der Waals surface area contributed by atoms with Gasteiger partial charge in [0.05, 0.1) is 0 Å². The molecule has 0 aliphatic carbocycles. The Kier molecular flexibility index (Phi) is 4.83. The van der Waals surface area contributed by atoms with E-state index in [4.69, 9.17) is 5.11 Å². The van der Waals surface area contributed by atoms with Gasteiger partial charge in [-0.05, 0) is 0 Å². The molecule has 0 aromatic heterocycles. The van der Waals surface area contributed by atoms with E-state index in [2.05, 4.69) is 20.8 Å². The average molecular weight is 220 g/mol. The molecule has 2 nitrogen and oxygen atoms in total. The van der Waals surface area contributed by atoms with E-state index in [0.29, 0.717) is 5.41 Å². The van der Waals surface area contributed by atoms with E-state index in [9.17, 15) is 4.79 Å².